The monoisotopic (exact) mass is 382 g/mol. The highest BCUT2D eigenvalue weighted by atomic mass is 16.5. The van der Waals surface area contributed by atoms with Crippen LogP contribution in [0.1, 0.15) is 87.0 Å². The largest absolute Gasteiger partial charge is 0.466 e. The van der Waals surface area contributed by atoms with Crippen LogP contribution in [0.4, 0.5) is 4.79 Å². The van der Waals surface area contributed by atoms with Crippen LogP contribution in [-0.2, 0) is 9.53 Å². The molecule has 0 aromatic heterocycles. The smallest absolute Gasteiger partial charge is 0.317 e. The summed E-state index contributed by atoms with van der Waals surface area (Å²) in [5, 5.41) is 3.14. The van der Waals surface area contributed by atoms with E-state index in [1.807, 2.05) is 13.8 Å². The predicted octanol–water partition coefficient (Wildman–Crippen LogP) is 4.99. The number of ether oxygens (including phenoxy) is 1. The van der Waals surface area contributed by atoms with E-state index in [1.54, 1.807) is 11.9 Å². The maximum Gasteiger partial charge on any atom is 0.317 e. The highest BCUT2D eigenvalue weighted by molar-refractivity contribution is 5.79. The normalized spacial score (nSPS) is 18.5. The lowest BCUT2D eigenvalue weighted by Gasteiger charge is -2.41. The molecule has 1 N–H and O–H groups in total. The van der Waals surface area contributed by atoms with Crippen LogP contribution in [0.25, 0.3) is 0 Å². The first kappa shape index (κ1) is 23.8. The van der Waals surface area contributed by atoms with E-state index in [0.717, 1.165) is 32.1 Å². The van der Waals surface area contributed by atoms with Gasteiger partial charge < -0.3 is 15.0 Å². The van der Waals surface area contributed by atoms with Gasteiger partial charge in [-0.1, -0.05) is 40.0 Å². The molecule has 1 aliphatic carbocycles. The van der Waals surface area contributed by atoms with Gasteiger partial charge in [-0.2, -0.15) is 0 Å². The van der Waals surface area contributed by atoms with Crippen molar-refractivity contribution in [1.29, 1.82) is 0 Å². The third kappa shape index (κ3) is 7.34. The zero-order chi connectivity index (χ0) is 20.9. The van der Waals surface area contributed by atoms with Crippen LogP contribution < -0.4 is 5.32 Å². The maximum atomic E-state index is 12.8. The van der Waals surface area contributed by atoms with E-state index in [2.05, 4.69) is 39.9 Å². The molecule has 5 nitrogen and oxygen atoms in total. The Morgan fingerprint density at radius 3 is 2.07 bits per heavy atom. The van der Waals surface area contributed by atoms with Crippen LogP contribution in [0.15, 0.2) is 0 Å². The first-order valence-electron chi connectivity index (χ1n) is 10.5. The molecule has 2 amide bonds. The number of amides is 2. The quantitative estimate of drug-likeness (QED) is 0.631. The molecule has 1 aliphatic rings. The van der Waals surface area contributed by atoms with Gasteiger partial charge in [-0.15, -0.1) is 0 Å². The molecular formula is C22H42N2O3. The third-order valence-corrected chi connectivity index (χ3v) is 5.58. The fraction of sp³-hybridized carbons (Fsp3) is 0.909. The molecular weight excluding hydrogens is 340 g/mol. The van der Waals surface area contributed by atoms with E-state index in [0.29, 0.717) is 13.2 Å². The van der Waals surface area contributed by atoms with Crippen molar-refractivity contribution < 1.29 is 14.3 Å². The summed E-state index contributed by atoms with van der Waals surface area (Å²) in [6.45, 7) is 15.2. The zero-order valence-electron chi connectivity index (χ0n) is 18.9. The molecule has 0 bridgehead atoms. The average Bonchev–Trinajstić information content (AvgIpc) is 2.52. The molecule has 0 radical (unpaired) electrons. The minimum absolute atomic E-state index is 0.122. The molecule has 0 aromatic rings. The van der Waals surface area contributed by atoms with Crippen LogP contribution >= 0.6 is 0 Å². The fourth-order valence-corrected chi connectivity index (χ4v) is 4.72. The Labute approximate surface area is 166 Å². The van der Waals surface area contributed by atoms with E-state index in [1.165, 1.54) is 6.42 Å². The molecule has 5 heteroatoms. The Bertz CT molecular complexity index is 504. The van der Waals surface area contributed by atoms with E-state index in [4.69, 9.17) is 4.74 Å². The second-order valence-electron chi connectivity index (χ2n) is 10.4. The van der Waals surface area contributed by atoms with Gasteiger partial charge in [0, 0.05) is 19.1 Å². The van der Waals surface area contributed by atoms with Crippen LogP contribution in [0.3, 0.4) is 0 Å². The standard InChI is InChI=1S/C22H42N2O3/c1-9-27-18(25)22(7,17-13-11-10-12-14-17)16-24(8)19(26)23-21(5,6)15-20(2,3)4/h17H,9-16H2,1-8H3,(H,23,26). The topological polar surface area (TPSA) is 58.6 Å². The summed E-state index contributed by atoms with van der Waals surface area (Å²) in [6, 6.07) is -0.129. The van der Waals surface area contributed by atoms with Crippen molar-refractivity contribution in [2.45, 2.75) is 92.5 Å². The van der Waals surface area contributed by atoms with E-state index >= 15 is 0 Å². The molecule has 0 spiro atoms. The van der Waals surface area contributed by atoms with Crippen LogP contribution in [-0.4, -0.2) is 42.6 Å². The Morgan fingerprint density at radius 2 is 1.59 bits per heavy atom. The van der Waals surface area contributed by atoms with Gasteiger partial charge in [0.05, 0.1) is 12.0 Å². The number of rotatable bonds is 7. The summed E-state index contributed by atoms with van der Waals surface area (Å²) in [5.41, 5.74) is -0.845. The lowest BCUT2D eigenvalue weighted by Crippen LogP contribution is -2.54. The molecule has 1 atom stereocenters. The molecule has 0 aliphatic heterocycles. The van der Waals surface area contributed by atoms with Crippen molar-refractivity contribution in [3.05, 3.63) is 0 Å². The number of carbonyl (C=O) groups excluding carboxylic acids is 2. The summed E-state index contributed by atoms with van der Waals surface area (Å²) in [7, 11) is 1.78. The van der Waals surface area contributed by atoms with E-state index in [9.17, 15) is 9.59 Å². The zero-order valence-corrected chi connectivity index (χ0v) is 18.9. The Hall–Kier alpha value is -1.26. The number of nitrogens with zero attached hydrogens (tertiary/aromatic N) is 1. The molecule has 1 fully saturated rings. The highest BCUT2D eigenvalue weighted by Crippen LogP contribution is 2.40. The lowest BCUT2D eigenvalue weighted by molar-refractivity contribution is -0.159. The second-order valence-corrected chi connectivity index (χ2v) is 10.4. The fourth-order valence-electron chi connectivity index (χ4n) is 4.72. The molecule has 0 heterocycles. The number of urea groups is 1. The summed E-state index contributed by atoms with van der Waals surface area (Å²) in [6.07, 6.45) is 6.45. The van der Waals surface area contributed by atoms with Gasteiger partial charge in [0.15, 0.2) is 0 Å². The average molecular weight is 383 g/mol. The van der Waals surface area contributed by atoms with Crippen molar-refractivity contribution in [2.24, 2.45) is 16.7 Å². The number of esters is 1. The Morgan fingerprint density at radius 1 is 1.04 bits per heavy atom. The molecule has 1 unspecified atom stereocenters. The van der Waals surface area contributed by atoms with Gasteiger partial charge >= 0.3 is 12.0 Å². The Kier molecular flexibility index (Phi) is 8.18. The molecule has 1 rings (SSSR count). The first-order chi connectivity index (χ1) is 12.3. The summed E-state index contributed by atoms with van der Waals surface area (Å²) < 4.78 is 5.41. The SMILES string of the molecule is CCOC(=O)C(C)(CN(C)C(=O)NC(C)(C)CC(C)(C)C)C1CCCCC1. The molecule has 1 saturated carbocycles. The Balaban J connectivity index is 2.87. The molecule has 0 saturated heterocycles. The molecule has 158 valence electrons. The van der Waals surface area contributed by atoms with Crippen LogP contribution in [0, 0.1) is 16.7 Å². The van der Waals surface area contributed by atoms with Crippen LogP contribution in [0.5, 0.6) is 0 Å². The molecule has 27 heavy (non-hydrogen) atoms. The number of carbonyl (C=O) groups is 2. The van der Waals surface area contributed by atoms with E-state index in [-0.39, 0.29) is 28.9 Å². The lowest BCUT2D eigenvalue weighted by atomic mass is 9.69. The summed E-state index contributed by atoms with van der Waals surface area (Å²) in [4.78, 5) is 27.3. The summed E-state index contributed by atoms with van der Waals surface area (Å²) in [5.74, 6) is 0.0913. The number of hydrogen-bond donors (Lipinski definition) is 1. The van der Waals surface area contributed by atoms with Crippen molar-refractivity contribution in [3.63, 3.8) is 0 Å². The van der Waals surface area contributed by atoms with Gasteiger partial charge in [0.25, 0.3) is 0 Å². The van der Waals surface area contributed by atoms with Gasteiger partial charge in [-0.25, -0.2) is 4.79 Å². The van der Waals surface area contributed by atoms with Gasteiger partial charge in [0.2, 0.25) is 0 Å². The van der Waals surface area contributed by atoms with Crippen molar-refractivity contribution in [1.82, 2.24) is 10.2 Å². The van der Waals surface area contributed by atoms with Gasteiger partial charge in [-0.3, -0.25) is 4.79 Å². The van der Waals surface area contributed by atoms with Crippen molar-refractivity contribution in [2.75, 3.05) is 20.2 Å². The van der Waals surface area contributed by atoms with Gasteiger partial charge in [-0.05, 0) is 58.3 Å². The minimum atomic E-state index is -0.656. The first-order valence-corrected chi connectivity index (χ1v) is 10.5. The highest BCUT2D eigenvalue weighted by Gasteiger charge is 2.44. The van der Waals surface area contributed by atoms with E-state index < -0.39 is 5.41 Å². The minimum Gasteiger partial charge on any atom is -0.466 e. The van der Waals surface area contributed by atoms with Gasteiger partial charge in [0.1, 0.15) is 0 Å². The van der Waals surface area contributed by atoms with Crippen molar-refractivity contribution in [3.8, 4) is 0 Å². The maximum absolute atomic E-state index is 12.8. The van der Waals surface area contributed by atoms with Crippen LogP contribution in [0.2, 0.25) is 0 Å². The molecule has 0 aromatic carbocycles. The second kappa shape index (κ2) is 9.29. The number of nitrogens with one attached hydrogen (secondary N) is 1. The number of hydrogen-bond acceptors (Lipinski definition) is 3. The summed E-state index contributed by atoms with van der Waals surface area (Å²) >= 11 is 0. The van der Waals surface area contributed by atoms with Crippen molar-refractivity contribution >= 4 is 12.0 Å². The third-order valence-electron chi connectivity index (χ3n) is 5.58. The predicted molar refractivity (Wildman–Crippen MR) is 111 cm³/mol.